The number of hydrogen-bond acceptors (Lipinski definition) is 2. The smallest absolute Gasteiger partial charge is 0.317 e. The van der Waals surface area contributed by atoms with Crippen molar-refractivity contribution in [3.05, 3.63) is 0 Å². The summed E-state index contributed by atoms with van der Waals surface area (Å²) in [7, 11) is 0. The average Bonchev–Trinajstić information content (AvgIpc) is 2.32. The van der Waals surface area contributed by atoms with Gasteiger partial charge < -0.3 is 15.3 Å². The van der Waals surface area contributed by atoms with Crippen molar-refractivity contribution >= 4 is 12.0 Å². The van der Waals surface area contributed by atoms with Crippen LogP contribution in [-0.4, -0.2) is 40.6 Å². The van der Waals surface area contributed by atoms with Gasteiger partial charge >= 0.3 is 12.0 Å². The van der Waals surface area contributed by atoms with E-state index in [0.29, 0.717) is 24.7 Å². The number of amides is 2. The second-order valence-electron chi connectivity index (χ2n) is 6.35. The molecule has 1 heterocycles. The van der Waals surface area contributed by atoms with Gasteiger partial charge in [-0.2, -0.15) is 0 Å². The largest absolute Gasteiger partial charge is 0.481 e. The lowest BCUT2D eigenvalue weighted by atomic mass is 9.86. The molecule has 5 heteroatoms. The van der Waals surface area contributed by atoms with Crippen LogP contribution < -0.4 is 5.32 Å². The monoisotopic (exact) mass is 284 g/mol. The van der Waals surface area contributed by atoms with Crippen molar-refractivity contribution in [3.8, 4) is 0 Å². The summed E-state index contributed by atoms with van der Waals surface area (Å²) in [5.74, 6) is 0.275. The van der Waals surface area contributed by atoms with Crippen molar-refractivity contribution in [1.29, 1.82) is 0 Å². The molecule has 116 valence electrons. The van der Waals surface area contributed by atoms with Crippen LogP contribution in [0.2, 0.25) is 0 Å². The quantitative estimate of drug-likeness (QED) is 0.815. The van der Waals surface area contributed by atoms with Crippen molar-refractivity contribution < 1.29 is 14.7 Å². The van der Waals surface area contributed by atoms with E-state index in [1.165, 1.54) is 6.42 Å². The molecule has 0 aliphatic carbocycles. The van der Waals surface area contributed by atoms with E-state index in [1.54, 1.807) is 0 Å². The molecule has 2 amide bonds. The molecule has 4 atom stereocenters. The van der Waals surface area contributed by atoms with Crippen LogP contribution >= 0.6 is 0 Å². The Kier molecular flexibility index (Phi) is 6.30. The van der Waals surface area contributed by atoms with Crippen LogP contribution in [-0.2, 0) is 4.79 Å². The van der Waals surface area contributed by atoms with E-state index in [2.05, 4.69) is 26.1 Å². The predicted octanol–water partition coefficient (Wildman–Crippen LogP) is 2.71. The molecular formula is C15H28N2O3. The number of hydrogen-bond donors (Lipinski definition) is 2. The molecule has 20 heavy (non-hydrogen) atoms. The molecule has 1 saturated heterocycles. The van der Waals surface area contributed by atoms with Crippen molar-refractivity contribution in [3.63, 3.8) is 0 Å². The fourth-order valence-corrected chi connectivity index (χ4v) is 2.91. The minimum Gasteiger partial charge on any atom is -0.481 e. The van der Waals surface area contributed by atoms with E-state index in [9.17, 15) is 9.59 Å². The Balaban J connectivity index is 2.42. The first-order valence-corrected chi connectivity index (χ1v) is 7.60. The highest BCUT2D eigenvalue weighted by molar-refractivity contribution is 5.75. The molecule has 0 aromatic heterocycles. The van der Waals surface area contributed by atoms with E-state index in [4.69, 9.17) is 5.11 Å². The molecule has 0 aromatic carbocycles. The first kappa shape index (κ1) is 16.8. The Bertz CT molecular complexity index is 346. The number of nitrogens with one attached hydrogen (secondary N) is 1. The molecule has 0 saturated carbocycles. The lowest BCUT2D eigenvalue weighted by Gasteiger charge is -2.41. The summed E-state index contributed by atoms with van der Waals surface area (Å²) < 4.78 is 0. The molecule has 5 nitrogen and oxygen atoms in total. The Labute approximate surface area is 121 Å². The second kappa shape index (κ2) is 7.50. The average molecular weight is 284 g/mol. The maximum atomic E-state index is 12.3. The molecule has 0 bridgehead atoms. The summed E-state index contributed by atoms with van der Waals surface area (Å²) in [4.78, 5) is 24.7. The highest BCUT2D eigenvalue weighted by Crippen LogP contribution is 2.26. The number of carboxylic acid groups (broad SMARTS) is 1. The molecule has 1 rings (SSSR count). The summed E-state index contributed by atoms with van der Waals surface area (Å²) in [6, 6.07) is 0.262. The third-order valence-corrected chi connectivity index (χ3v) is 4.26. The standard InChI is InChI=1S/C15H28N2O3/c1-10-8-11(2)13(4)17(9-10)15(20)16-12(3)6-5-7-14(18)19/h10-13H,5-9H2,1-4H3,(H,16,20)(H,18,19). The normalized spacial score (nSPS) is 28.0. The molecule has 1 fully saturated rings. The maximum absolute atomic E-state index is 12.3. The molecule has 4 unspecified atom stereocenters. The summed E-state index contributed by atoms with van der Waals surface area (Å²) in [5, 5.41) is 11.6. The van der Waals surface area contributed by atoms with Crippen LogP contribution in [0.1, 0.15) is 53.4 Å². The van der Waals surface area contributed by atoms with Crippen LogP contribution in [0, 0.1) is 11.8 Å². The van der Waals surface area contributed by atoms with Crippen molar-refractivity contribution in [1.82, 2.24) is 10.2 Å². The molecule has 2 N–H and O–H groups in total. The summed E-state index contributed by atoms with van der Waals surface area (Å²) in [5.41, 5.74) is 0. The number of carbonyl (C=O) groups is 2. The number of piperidine rings is 1. The first-order valence-electron chi connectivity index (χ1n) is 7.60. The molecule has 0 spiro atoms. The number of likely N-dealkylation sites (tertiary alicyclic amines) is 1. The van der Waals surface area contributed by atoms with Gasteiger partial charge in [-0.3, -0.25) is 4.79 Å². The zero-order valence-corrected chi connectivity index (χ0v) is 13.1. The number of urea groups is 1. The Morgan fingerprint density at radius 2 is 2.00 bits per heavy atom. The van der Waals surface area contributed by atoms with Gasteiger partial charge in [0.15, 0.2) is 0 Å². The minimum atomic E-state index is -0.782. The lowest BCUT2D eigenvalue weighted by Crippen LogP contribution is -2.54. The van der Waals surface area contributed by atoms with Gasteiger partial charge in [-0.05, 0) is 44.9 Å². The molecule has 1 aliphatic rings. The highest BCUT2D eigenvalue weighted by Gasteiger charge is 2.32. The fraction of sp³-hybridized carbons (Fsp3) is 0.867. The highest BCUT2D eigenvalue weighted by atomic mass is 16.4. The Hall–Kier alpha value is -1.26. The summed E-state index contributed by atoms with van der Waals surface area (Å²) >= 11 is 0. The fourth-order valence-electron chi connectivity index (χ4n) is 2.91. The van der Waals surface area contributed by atoms with Crippen LogP contribution in [0.25, 0.3) is 0 Å². The predicted molar refractivity (Wildman–Crippen MR) is 78.6 cm³/mol. The zero-order valence-electron chi connectivity index (χ0n) is 13.1. The van der Waals surface area contributed by atoms with Gasteiger partial charge in [-0.15, -0.1) is 0 Å². The number of carboxylic acids is 1. The van der Waals surface area contributed by atoms with Gasteiger partial charge in [0.2, 0.25) is 0 Å². The topological polar surface area (TPSA) is 69.6 Å². The minimum absolute atomic E-state index is 0.0151. The lowest BCUT2D eigenvalue weighted by molar-refractivity contribution is -0.137. The van der Waals surface area contributed by atoms with Crippen molar-refractivity contribution in [2.24, 2.45) is 11.8 Å². The SMILES string of the molecule is CC1CC(C)C(C)N(C(=O)NC(C)CCCC(=O)O)C1. The van der Waals surface area contributed by atoms with E-state index >= 15 is 0 Å². The zero-order chi connectivity index (χ0) is 15.3. The van der Waals surface area contributed by atoms with Gasteiger partial charge in [-0.1, -0.05) is 13.8 Å². The summed E-state index contributed by atoms with van der Waals surface area (Å²) in [6.45, 7) is 9.21. The number of carbonyl (C=O) groups excluding carboxylic acids is 1. The second-order valence-corrected chi connectivity index (χ2v) is 6.35. The third-order valence-electron chi connectivity index (χ3n) is 4.26. The van der Waals surface area contributed by atoms with Gasteiger partial charge in [0.25, 0.3) is 0 Å². The van der Waals surface area contributed by atoms with E-state index in [-0.39, 0.29) is 24.5 Å². The van der Waals surface area contributed by atoms with Gasteiger partial charge in [0.05, 0.1) is 0 Å². The van der Waals surface area contributed by atoms with E-state index in [1.807, 2.05) is 11.8 Å². The number of rotatable bonds is 5. The molecular weight excluding hydrogens is 256 g/mol. The Morgan fingerprint density at radius 3 is 2.60 bits per heavy atom. The van der Waals surface area contributed by atoms with E-state index in [0.717, 1.165) is 6.54 Å². The number of aliphatic carboxylic acids is 1. The Morgan fingerprint density at radius 1 is 1.35 bits per heavy atom. The maximum Gasteiger partial charge on any atom is 0.317 e. The first-order chi connectivity index (χ1) is 9.31. The third kappa shape index (κ3) is 5.02. The molecule has 0 aromatic rings. The number of nitrogens with zero attached hydrogens (tertiary/aromatic N) is 1. The van der Waals surface area contributed by atoms with Crippen molar-refractivity contribution in [2.45, 2.75) is 65.5 Å². The van der Waals surface area contributed by atoms with Crippen LogP contribution in [0.15, 0.2) is 0 Å². The summed E-state index contributed by atoms with van der Waals surface area (Å²) in [6.07, 6.45) is 2.62. The van der Waals surface area contributed by atoms with E-state index < -0.39 is 5.97 Å². The molecule has 1 aliphatic heterocycles. The van der Waals surface area contributed by atoms with Gasteiger partial charge in [0.1, 0.15) is 0 Å². The van der Waals surface area contributed by atoms with Crippen LogP contribution in [0.5, 0.6) is 0 Å². The van der Waals surface area contributed by atoms with Crippen molar-refractivity contribution in [2.75, 3.05) is 6.54 Å². The van der Waals surface area contributed by atoms with Gasteiger partial charge in [0, 0.05) is 25.0 Å². The van der Waals surface area contributed by atoms with Crippen LogP contribution in [0.4, 0.5) is 4.79 Å². The molecule has 0 radical (unpaired) electrons. The van der Waals surface area contributed by atoms with Crippen LogP contribution in [0.3, 0.4) is 0 Å². The van der Waals surface area contributed by atoms with Gasteiger partial charge in [-0.25, -0.2) is 4.79 Å².